The minimum atomic E-state index is 0.270. The van der Waals surface area contributed by atoms with Gasteiger partial charge in [-0.05, 0) is 19.3 Å². The fourth-order valence-corrected chi connectivity index (χ4v) is 1.89. The quantitative estimate of drug-likeness (QED) is 0.540. The largest absolute Gasteiger partial charge is 0.379 e. The molecule has 0 unspecified atom stereocenters. The van der Waals surface area contributed by atoms with Crippen LogP contribution in [0.25, 0.3) is 0 Å². The fraction of sp³-hybridized carbons (Fsp3) is 0.889. The molecule has 1 saturated heterocycles. The third kappa shape index (κ3) is 1.33. The second kappa shape index (κ2) is 3.04. The molecule has 2 aliphatic rings. The van der Waals surface area contributed by atoms with Crippen molar-refractivity contribution in [2.75, 3.05) is 26.3 Å². The number of hydrogen-bond acceptors (Lipinski definition) is 3. The van der Waals surface area contributed by atoms with Gasteiger partial charge in [-0.2, -0.15) is 5.26 Å². The number of rotatable bonds is 1. The zero-order valence-electron chi connectivity index (χ0n) is 7.25. The highest BCUT2D eigenvalue weighted by atomic mass is 16.5. The molecule has 0 aromatic carbocycles. The van der Waals surface area contributed by atoms with Gasteiger partial charge in [0, 0.05) is 18.7 Å². The number of nitrogens with zero attached hydrogens (tertiary/aromatic N) is 2. The molecule has 0 bridgehead atoms. The van der Waals surface area contributed by atoms with Gasteiger partial charge in [0.15, 0.2) is 0 Å². The summed E-state index contributed by atoms with van der Waals surface area (Å²) >= 11 is 0. The van der Waals surface area contributed by atoms with Crippen molar-refractivity contribution in [2.45, 2.75) is 24.8 Å². The van der Waals surface area contributed by atoms with Crippen LogP contribution in [0.4, 0.5) is 0 Å². The van der Waals surface area contributed by atoms with Crippen molar-refractivity contribution in [2.24, 2.45) is 0 Å². The van der Waals surface area contributed by atoms with Gasteiger partial charge in [-0.25, -0.2) is 0 Å². The molecule has 1 saturated carbocycles. The first-order valence-corrected chi connectivity index (χ1v) is 4.57. The molecule has 2 fully saturated rings. The van der Waals surface area contributed by atoms with Crippen LogP contribution in [-0.4, -0.2) is 36.7 Å². The minimum Gasteiger partial charge on any atom is -0.379 e. The molecule has 12 heavy (non-hydrogen) atoms. The summed E-state index contributed by atoms with van der Waals surface area (Å²) < 4.78 is 5.50. The average molecular weight is 166 g/mol. The van der Waals surface area contributed by atoms with Crippen molar-refractivity contribution in [3.63, 3.8) is 0 Å². The zero-order chi connectivity index (χ0) is 8.44. The Kier molecular flexibility index (Phi) is 2.03. The average Bonchev–Trinajstić information content (AvgIpc) is 2.85. The van der Waals surface area contributed by atoms with Gasteiger partial charge >= 0.3 is 0 Å². The summed E-state index contributed by atoms with van der Waals surface area (Å²) in [5, 5.41) is 8.64. The molecule has 66 valence electrons. The lowest BCUT2D eigenvalue weighted by Crippen LogP contribution is -2.39. The molecule has 0 aromatic rings. The maximum atomic E-state index is 8.64. The topological polar surface area (TPSA) is 36.3 Å². The second-order valence-electron chi connectivity index (χ2n) is 3.71. The molecule has 0 N–H and O–H groups in total. The maximum Gasteiger partial charge on any atom is 0.0871 e. The monoisotopic (exact) mass is 166 g/mol. The summed E-state index contributed by atoms with van der Waals surface area (Å²) in [4.78, 5) is 2.29. The van der Waals surface area contributed by atoms with E-state index in [-0.39, 0.29) is 5.54 Å². The van der Waals surface area contributed by atoms with Crippen LogP contribution in [-0.2, 0) is 4.74 Å². The lowest BCUT2D eigenvalue weighted by molar-refractivity contribution is 0.0930. The molecule has 1 aliphatic carbocycles. The van der Waals surface area contributed by atoms with Crippen molar-refractivity contribution in [3.8, 4) is 6.07 Å². The van der Waals surface area contributed by atoms with Gasteiger partial charge in [0.05, 0.1) is 19.2 Å². The Hall–Kier alpha value is -0.590. The van der Waals surface area contributed by atoms with Gasteiger partial charge in [-0.1, -0.05) is 0 Å². The van der Waals surface area contributed by atoms with Crippen molar-refractivity contribution in [1.29, 1.82) is 5.26 Å². The molecule has 0 aromatic heterocycles. The Morgan fingerprint density at radius 3 is 3.00 bits per heavy atom. The van der Waals surface area contributed by atoms with Crippen molar-refractivity contribution in [3.05, 3.63) is 0 Å². The van der Waals surface area contributed by atoms with Gasteiger partial charge < -0.3 is 4.74 Å². The van der Waals surface area contributed by atoms with E-state index in [9.17, 15) is 0 Å². The maximum absolute atomic E-state index is 8.64. The normalized spacial score (nSPS) is 27.9. The highest BCUT2D eigenvalue weighted by Gasteiger charge is 2.48. The van der Waals surface area contributed by atoms with E-state index in [2.05, 4.69) is 11.0 Å². The SMILES string of the molecule is N#CCN1CCCOCC12CC2. The van der Waals surface area contributed by atoms with Crippen molar-refractivity contribution >= 4 is 0 Å². The molecule has 0 radical (unpaired) electrons. The van der Waals surface area contributed by atoms with E-state index in [1.807, 2.05) is 0 Å². The van der Waals surface area contributed by atoms with E-state index in [1.165, 1.54) is 12.8 Å². The zero-order valence-corrected chi connectivity index (χ0v) is 7.25. The van der Waals surface area contributed by atoms with E-state index in [0.717, 1.165) is 26.2 Å². The fourth-order valence-electron chi connectivity index (χ4n) is 1.89. The van der Waals surface area contributed by atoms with Gasteiger partial charge in [0.1, 0.15) is 0 Å². The molecular weight excluding hydrogens is 152 g/mol. The van der Waals surface area contributed by atoms with Crippen molar-refractivity contribution in [1.82, 2.24) is 4.90 Å². The third-order valence-electron chi connectivity index (χ3n) is 2.85. The van der Waals surface area contributed by atoms with Crippen LogP contribution < -0.4 is 0 Å². The molecular formula is C9H14N2O. The van der Waals surface area contributed by atoms with E-state index < -0.39 is 0 Å². The third-order valence-corrected chi connectivity index (χ3v) is 2.85. The Morgan fingerprint density at radius 1 is 1.50 bits per heavy atom. The molecule has 0 amide bonds. The first kappa shape index (κ1) is 8.03. The highest BCUT2D eigenvalue weighted by molar-refractivity contribution is 5.06. The first-order valence-electron chi connectivity index (χ1n) is 4.57. The van der Waals surface area contributed by atoms with Gasteiger partial charge in [-0.3, -0.25) is 4.90 Å². The van der Waals surface area contributed by atoms with Crippen LogP contribution >= 0.6 is 0 Å². The summed E-state index contributed by atoms with van der Waals surface area (Å²) in [7, 11) is 0. The van der Waals surface area contributed by atoms with Gasteiger partial charge in [0.2, 0.25) is 0 Å². The van der Waals surface area contributed by atoms with E-state index in [4.69, 9.17) is 10.00 Å². The lowest BCUT2D eigenvalue weighted by atomic mass is 10.2. The number of hydrogen-bond donors (Lipinski definition) is 0. The molecule has 1 heterocycles. The van der Waals surface area contributed by atoms with Crippen LogP contribution in [0.3, 0.4) is 0 Å². The summed E-state index contributed by atoms with van der Waals surface area (Å²) in [5.74, 6) is 0. The van der Waals surface area contributed by atoms with Crippen LogP contribution in [0, 0.1) is 11.3 Å². The molecule has 1 spiro atoms. The molecule has 3 heteroatoms. The minimum absolute atomic E-state index is 0.270. The van der Waals surface area contributed by atoms with Crippen molar-refractivity contribution < 1.29 is 4.74 Å². The van der Waals surface area contributed by atoms with Crippen LogP contribution in [0.5, 0.6) is 0 Å². The number of nitriles is 1. The number of ether oxygens (including phenoxy) is 1. The second-order valence-corrected chi connectivity index (χ2v) is 3.71. The molecule has 3 nitrogen and oxygen atoms in total. The van der Waals surface area contributed by atoms with Crippen LogP contribution in [0.2, 0.25) is 0 Å². The van der Waals surface area contributed by atoms with Gasteiger partial charge in [-0.15, -0.1) is 0 Å². The standard InChI is InChI=1S/C9H14N2O/c10-4-6-11-5-1-7-12-8-9(11)2-3-9/h1-3,5-8H2. The van der Waals surface area contributed by atoms with E-state index >= 15 is 0 Å². The highest BCUT2D eigenvalue weighted by Crippen LogP contribution is 2.42. The lowest BCUT2D eigenvalue weighted by Gasteiger charge is -2.26. The predicted octanol–water partition coefficient (Wildman–Crippen LogP) is 0.765. The molecule has 0 atom stereocenters. The molecule has 2 rings (SSSR count). The first-order chi connectivity index (χ1) is 5.87. The Balaban J connectivity index is 2.02. The van der Waals surface area contributed by atoms with Crippen LogP contribution in [0.1, 0.15) is 19.3 Å². The van der Waals surface area contributed by atoms with E-state index in [1.54, 1.807) is 0 Å². The Labute approximate surface area is 72.9 Å². The van der Waals surface area contributed by atoms with Gasteiger partial charge in [0.25, 0.3) is 0 Å². The summed E-state index contributed by atoms with van der Waals surface area (Å²) in [6, 6.07) is 2.23. The summed E-state index contributed by atoms with van der Waals surface area (Å²) in [6.45, 7) is 3.31. The predicted molar refractivity (Wildman–Crippen MR) is 44.6 cm³/mol. The smallest absolute Gasteiger partial charge is 0.0871 e. The summed E-state index contributed by atoms with van der Waals surface area (Å²) in [5.41, 5.74) is 0.270. The molecule has 1 aliphatic heterocycles. The van der Waals surface area contributed by atoms with E-state index in [0.29, 0.717) is 6.54 Å². The Bertz CT molecular complexity index is 205. The van der Waals surface area contributed by atoms with Crippen LogP contribution in [0.15, 0.2) is 0 Å². The Morgan fingerprint density at radius 2 is 2.33 bits per heavy atom. The summed E-state index contributed by atoms with van der Waals surface area (Å²) in [6.07, 6.45) is 3.51.